The number of fused-ring (bicyclic) bond motifs is 1. The molecule has 0 saturated carbocycles. The van der Waals surface area contributed by atoms with Gasteiger partial charge < -0.3 is 19.9 Å². The number of hydrogen-bond acceptors (Lipinski definition) is 7. The number of H-pyrrole nitrogens is 1. The van der Waals surface area contributed by atoms with Crippen LogP contribution in [0.4, 0.5) is 11.5 Å². The number of ether oxygens (including phenoxy) is 1. The molecule has 0 bridgehead atoms. The maximum Gasteiger partial charge on any atom is 0.131 e. The van der Waals surface area contributed by atoms with Crippen molar-refractivity contribution < 1.29 is 4.74 Å². The van der Waals surface area contributed by atoms with Gasteiger partial charge in [-0.2, -0.15) is 5.10 Å². The molecule has 0 unspecified atom stereocenters. The molecule has 2 N–H and O–H groups in total. The summed E-state index contributed by atoms with van der Waals surface area (Å²) in [4.78, 5) is 14.5. The Hall–Kier alpha value is -2.71. The van der Waals surface area contributed by atoms with Crippen molar-refractivity contribution in [3.8, 4) is 11.4 Å². The fourth-order valence-electron chi connectivity index (χ4n) is 4.25. The number of morpholine rings is 1. The third kappa shape index (κ3) is 3.42. The minimum absolute atomic E-state index is 0.401. The molecular formula is C21H27N7O. The van der Waals surface area contributed by atoms with E-state index in [1.54, 1.807) is 6.20 Å². The van der Waals surface area contributed by atoms with Gasteiger partial charge in [0.15, 0.2) is 0 Å². The summed E-state index contributed by atoms with van der Waals surface area (Å²) in [5.41, 5.74) is 3.86. The number of rotatable bonds is 3. The molecule has 0 spiro atoms. The van der Waals surface area contributed by atoms with E-state index in [1.165, 1.54) is 5.69 Å². The molecule has 5 rings (SSSR count). The topological polar surface area (TPSA) is 82.2 Å². The zero-order valence-corrected chi connectivity index (χ0v) is 16.9. The third-order valence-electron chi connectivity index (χ3n) is 5.86. The van der Waals surface area contributed by atoms with Crippen molar-refractivity contribution in [2.45, 2.75) is 25.9 Å². The highest BCUT2D eigenvalue weighted by atomic mass is 16.5. The van der Waals surface area contributed by atoms with Gasteiger partial charge in [-0.15, -0.1) is 0 Å². The highest BCUT2D eigenvalue weighted by Gasteiger charge is 2.26. The Kier molecular flexibility index (Phi) is 4.81. The average molecular weight is 393 g/mol. The number of nitrogens with one attached hydrogen (secondary N) is 2. The largest absolute Gasteiger partial charge is 0.378 e. The van der Waals surface area contributed by atoms with Crippen molar-refractivity contribution >= 4 is 22.4 Å². The zero-order valence-electron chi connectivity index (χ0n) is 16.9. The van der Waals surface area contributed by atoms with Gasteiger partial charge in [0, 0.05) is 62.1 Å². The third-order valence-corrected chi connectivity index (χ3v) is 5.86. The van der Waals surface area contributed by atoms with E-state index in [0.29, 0.717) is 12.1 Å². The predicted molar refractivity (Wildman–Crippen MR) is 114 cm³/mol. The van der Waals surface area contributed by atoms with E-state index in [4.69, 9.17) is 9.72 Å². The van der Waals surface area contributed by atoms with E-state index in [1.807, 2.05) is 12.3 Å². The van der Waals surface area contributed by atoms with Crippen LogP contribution >= 0.6 is 0 Å². The summed E-state index contributed by atoms with van der Waals surface area (Å²) in [6.45, 7) is 9.61. The molecule has 8 heteroatoms. The van der Waals surface area contributed by atoms with Crippen molar-refractivity contribution in [3.05, 3.63) is 30.6 Å². The second-order valence-electron chi connectivity index (χ2n) is 7.94. The van der Waals surface area contributed by atoms with E-state index in [-0.39, 0.29) is 0 Å². The fraction of sp³-hybridized carbons (Fsp3) is 0.476. The molecule has 5 heterocycles. The lowest BCUT2D eigenvalue weighted by atomic mass is 10.1. The second kappa shape index (κ2) is 7.61. The average Bonchev–Trinajstić information content (AvgIpc) is 3.29. The summed E-state index contributed by atoms with van der Waals surface area (Å²) in [5, 5.41) is 11.9. The van der Waals surface area contributed by atoms with Crippen LogP contribution in [0, 0.1) is 0 Å². The Bertz CT molecular complexity index is 984. The maximum atomic E-state index is 5.56. The first-order chi connectivity index (χ1) is 14.2. The van der Waals surface area contributed by atoms with Gasteiger partial charge in [0.05, 0.1) is 24.6 Å². The zero-order chi connectivity index (χ0) is 19.8. The van der Waals surface area contributed by atoms with Gasteiger partial charge >= 0.3 is 0 Å². The van der Waals surface area contributed by atoms with Crippen LogP contribution in [-0.2, 0) is 4.74 Å². The molecule has 0 radical (unpaired) electrons. The van der Waals surface area contributed by atoms with Gasteiger partial charge in [-0.25, -0.2) is 4.98 Å². The summed E-state index contributed by atoms with van der Waals surface area (Å²) >= 11 is 0. The SMILES string of the molecule is C[C@@H]1CN(c2cc(N3CCOCC3)nc3c(-c4ccn[nH]4)nccc23)[C@@H](C)CN1. The molecule has 2 aliphatic heterocycles. The molecule has 0 amide bonds. The van der Waals surface area contributed by atoms with Gasteiger partial charge in [-0.1, -0.05) is 0 Å². The van der Waals surface area contributed by atoms with E-state index in [9.17, 15) is 0 Å². The molecule has 2 aliphatic rings. The van der Waals surface area contributed by atoms with Crippen molar-refractivity contribution in [2.75, 3.05) is 49.2 Å². The Morgan fingerprint density at radius 1 is 1.14 bits per heavy atom. The molecule has 0 aliphatic carbocycles. The lowest BCUT2D eigenvalue weighted by Gasteiger charge is -2.40. The summed E-state index contributed by atoms with van der Waals surface area (Å²) in [6.07, 6.45) is 3.62. The minimum Gasteiger partial charge on any atom is -0.378 e. The first-order valence-electron chi connectivity index (χ1n) is 10.3. The Balaban J connectivity index is 1.70. The van der Waals surface area contributed by atoms with Crippen LogP contribution < -0.4 is 15.1 Å². The van der Waals surface area contributed by atoms with Crippen molar-refractivity contribution in [1.29, 1.82) is 0 Å². The summed E-state index contributed by atoms with van der Waals surface area (Å²) in [6, 6.07) is 7.12. The minimum atomic E-state index is 0.401. The Morgan fingerprint density at radius 2 is 2.00 bits per heavy atom. The van der Waals surface area contributed by atoms with E-state index < -0.39 is 0 Å². The van der Waals surface area contributed by atoms with Crippen LogP contribution in [0.5, 0.6) is 0 Å². The van der Waals surface area contributed by atoms with Gasteiger partial charge in [-0.3, -0.25) is 10.1 Å². The molecular weight excluding hydrogens is 366 g/mol. The predicted octanol–water partition coefficient (Wildman–Crippen LogP) is 2.04. The van der Waals surface area contributed by atoms with Crippen LogP contribution in [-0.4, -0.2) is 71.6 Å². The van der Waals surface area contributed by atoms with Crippen LogP contribution in [0.15, 0.2) is 30.6 Å². The normalized spacial score (nSPS) is 23.0. The Labute approximate surface area is 170 Å². The highest BCUT2D eigenvalue weighted by molar-refractivity contribution is 6.00. The monoisotopic (exact) mass is 393 g/mol. The lowest BCUT2D eigenvalue weighted by molar-refractivity contribution is 0.122. The molecule has 3 aromatic heterocycles. The summed E-state index contributed by atoms with van der Waals surface area (Å²) in [7, 11) is 0. The number of anilines is 2. The first kappa shape index (κ1) is 18.3. The molecule has 0 aromatic carbocycles. The second-order valence-corrected chi connectivity index (χ2v) is 7.94. The van der Waals surface area contributed by atoms with Crippen molar-refractivity contribution in [1.82, 2.24) is 25.5 Å². The fourth-order valence-corrected chi connectivity index (χ4v) is 4.25. The molecule has 29 heavy (non-hydrogen) atoms. The standard InChI is InChI=1S/C21H27N7O/c1-14-13-28(15(2)12-23-14)18-11-19(27-7-9-29-10-8-27)25-20-16(18)3-5-22-21(20)17-4-6-24-26-17/h3-6,11,14-15,23H,7-10,12-13H2,1-2H3,(H,24,26)/t14-,15+/m1/s1. The molecule has 2 saturated heterocycles. The molecule has 2 atom stereocenters. The van der Waals surface area contributed by atoms with E-state index in [0.717, 1.165) is 67.5 Å². The van der Waals surface area contributed by atoms with Gasteiger partial charge in [0.25, 0.3) is 0 Å². The van der Waals surface area contributed by atoms with Crippen LogP contribution in [0.1, 0.15) is 13.8 Å². The summed E-state index contributed by atoms with van der Waals surface area (Å²) < 4.78 is 5.56. The Morgan fingerprint density at radius 3 is 2.79 bits per heavy atom. The van der Waals surface area contributed by atoms with Crippen molar-refractivity contribution in [3.63, 3.8) is 0 Å². The van der Waals surface area contributed by atoms with Gasteiger partial charge in [0.1, 0.15) is 17.0 Å². The highest BCUT2D eigenvalue weighted by Crippen LogP contribution is 2.35. The quantitative estimate of drug-likeness (QED) is 0.705. The van der Waals surface area contributed by atoms with Gasteiger partial charge in [-0.05, 0) is 26.0 Å². The number of aromatic amines is 1. The number of aromatic nitrogens is 4. The smallest absolute Gasteiger partial charge is 0.131 e. The van der Waals surface area contributed by atoms with E-state index >= 15 is 0 Å². The van der Waals surface area contributed by atoms with Crippen LogP contribution in [0.2, 0.25) is 0 Å². The lowest BCUT2D eigenvalue weighted by Crippen LogP contribution is -2.54. The first-order valence-corrected chi connectivity index (χ1v) is 10.3. The van der Waals surface area contributed by atoms with E-state index in [2.05, 4.69) is 56.3 Å². The number of pyridine rings is 2. The number of nitrogens with zero attached hydrogens (tertiary/aromatic N) is 5. The molecule has 3 aromatic rings. The molecule has 8 nitrogen and oxygen atoms in total. The number of hydrogen-bond donors (Lipinski definition) is 2. The molecule has 2 fully saturated rings. The molecule has 152 valence electrons. The number of piperazine rings is 1. The van der Waals surface area contributed by atoms with Crippen LogP contribution in [0.25, 0.3) is 22.3 Å². The van der Waals surface area contributed by atoms with Crippen LogP contribution in [0.3, 0.4) is 0 Å². The van der Waals surface area contributed by atoms with Gasteiger partial charge in [0.2, 0.25) is 0 Å². The van der Waals surface area contributed by atoms with Crippen molar-refractivity contribution in [2.24, 2.45) is 0 Å². The maximum absolute atomic E-state index is 5.56. The summed E-state index contributed by atoms with van der Waals surface area (Å²) in [5.74, 6) is 0.989.